The van der Waals surface area contributed by atoms with Crippen LogP contribution in [0, 0.1) is 0 Å². The molecule has 0 bridgehead atoms. The summed E-state index contributed by atoms with van der Waals surface area (Å²) in [7, 11) is 1.85. The highest BCUT2D eigenvalue weighted by Gasteiger charge is 2.32. The van der Waals surface area contributed by atoms with Gasteiger partial charge in [0.05, 0.1) is 71.9 Å². The van der Waals surface area contributed by atoms with E-state index in [0.29, 0.717) is 123 Å². The zero-order valence-corrected chi connectivity index (χ0v) is 41.4. The van der Waals surface area contributed by atoms with E-state index in [-0.39, 0.29) is 30.2 Å². The number of anilines is 6. The molecule has 2 saturated carbocycles. The maximum atomic E-state index is 13.1. The summed E-state index contributed by atoms with van der Waals surface area (Å²) in [4.78, 5) is 52.1. The van der Waals surface area contributed by atoms with Gasteiger partial charge in [0.2, 0.25) is 29.6 Å². The van der Waals surface area contributed by atoms with Crippen LogP contribution in [0.4, 0.5) is 48.3 Å². The number of alkyl halides is 3. The molecule has 0 amide bonds. The molecule has 23 nitrogen and oxygen atoms in total. The predicted molar refractivity (Wildman–Crippen MR) is 274 cm³/mol. The minimum absolute atomic E-state index is 0.0239. The monoisotopic (exact) mass is 1040 g/mol. The zero-order chi connectivity index (χ0) is 51.6. The number of ether oxygens (including phenoxy) is 4. The number of halogens is 3. The molecule has 2 saturated heterocycles. The number of rotatable bonds is 14. The van der Waals surface area contributed by atoms with E-state index in [0.717, 1.165) is 79.3 Å². The molecule has 0 atom stereocenters. The summed E-state index contributed by atoms with van der Waals surface area (Å²) in [6.07, 6.45) is 11.5. The van der Waals surface area contributed by atoms with E-state index in [1.54, 1.807) is 29.7 Å². The maximum absolute atomic E-state index is 13.1. The summed E-state index contributed by atoms with van der Waals surface area (Å²) in [6, 6.07) is 8.05. The number of fused-ring (bicyclic) bond motifs is 2. The summed E-state index contributed by atoms with van der Waals surface area (Å²) in [5.41, 5.74) is 2.79. The summed E-state index contributed by atoms with van der Waals surface area (Å²) in [6.45, 7) is 5.32. The van der Waals surface area contributed by atoms with Gasteiger partial charge in [0.1, 0.15) is 30.2 Å². The van der Waals surface area contributed by atoms with Gasteiger partial charge >= 0.3 is 6.18 Å². The van der Waals surface area contributed by atoms with Gasteiger partial charge < -0.3 is 44.3 Å². The van der Waals surface area contributed by atoms with Gasteiger partial charge in [-0.1, -0.05) is 0 Å². The third kappa shape index (κ3) is 10.8. The average molecular weight is 1040 g/mol. The fourth-order valence-corrected chi connectivity index (χ4v) is 9.95. The van der Waals surface area contributed by atoms with Gasteiger partial charge in [-0.25, -0.2) is 24.9 Å². The van der Waals surface area contributed by atoms with Gasteiger partial charge in [-0.3, -0.25) is 20.2 Å². The molecule has 8 aromatic heterocycles. The Kier molecular flexibility index (Phi) is 13.6. The van der Waals surface area contributed by atoms with Crippen LogP contribution in [-0.4, -0.2) is 154 Å². The molecule has 2 aliphatic heterocycles. The van der Waals surface area contributed by atoms with Crippen LogP contribution in [0.5, 0.6) is 11.8 Å². The van der Waals surface area contributed by atoms with E-state index in [1.165, 1.54) is 6.33 Å². The van der Waals surface area contributed by atoms with E-state index >= 15 is 0 Å². The lowest BCUT2D eigenvalue weighted by molar-refractivity contribution is -0.138. The van der Waals surface area contributed by atoms with Gasteiger partial charge in [0.15, 0.2) is 11.6 Å². The molecular formula is C50H54F3N19O4. The van der Waals surface area contributed by atoms with Crippen molar-refractivity contribution in [1.82, 2.24) is 70.2 Å². The number of H-pyrrole nitrogens is 2. The zero-order valence-electron chi connectivity index (χ0n) is 41.4. The molecule has 76 heavy (non-hydrogen) atoms. The number of nitrogens with zero attached hydrogens (tertiary/aromatic N) is 15. The van der Waals surface area contributed by atoms with Crippen LogP contribution in [0.1, 0.15) is 56.9 Å². The second-order valence-electron chi connectivity index (χ2n) is 19.3. The Hall–Kier alpha value is -8.13. The van der Waals surface area contributed by atoms with Gasteiger partial charge in [0.25, 0.3) is 0 Å². The number of aromatic amines is 2. The quantitative estimate of drug-likeness (QED) is 0.0874. The lowest BCUT2D eigenvalue weighted by Crippen LogP contribution is -2.37. The first kappa shape index (κ1) is 48.8. The van der Waals surface area contributed by atoms with E-state index < -0.39 is 11.7 Å². The highest BCUT2D eigenvalue weighted by Crippen LogP contribution is 2.36. The van der Waals surface area contributed by atoms with Crippen LogP contribution < -0.4 is 34.8 Å². The first-order valence-corrected chi connectivity index (χ1v) is 25.5. The van der Waals surface area contributed by atoms with Crippen LogP contribution in [0.2, 0.25) is 0 Å². The molecule has 394 valence electrons. The van der Waals surface area contributed by atoms with Crippen LogP contribution in [0.25, 0.3) is 44.6 Å². The minimum Gasteiger partial charge on any atom is -0.474 e. The van der Waals surface area contributed by atoms with Crippen molar-refractivity contribution in [2.45, 2.75) is 81.8 Å². The van der Waals surface area contributed by atoms with Crippen molar-refractivity contribution in [3.63, 3.8) is 0 Å². The second kappa shape index (κ2) is 21.2. The Bertz CT molecular complexity index is 3250. The van der Waals surface area contributed by atoms with Gasteiger partial charge in [-0.2, -0.15) is 33.2 Å². The molecule has 12 rings (SSSR count). The summed E-state index contributed by atoms with van der Waals surface area (Å²) < 4.78 is 63.8. The van der Waals surface area contributed by atoms with Gasteiger partial charge in [-0.15, -0.1) is 5.10 Å². The SMILES string of the molecule is CN(c1cnc(NC2CCC(Oc3nc(N4CCOCC4)cc4ncc(-c5ncn[nH]5)cc34)CC2)nc1)c1n[nH]c(-c2cnc3cc(N4CCOCC4)nc(OC4CCC(Nc5ncc(C(F)(F)F)cn5)CC4)c3c2)n1. The Labute approximate surface area is 432 Å². The largest absolute Gasteiger partial charge is 0.474 e. The highest BCUT2D eigenvalue weighted by molar-refractivity contribution is 5.90. The standard InChI is InChI=1S/C50H54F3N19O4/c1-70(34-26-58-48(59-27-34)63-33-4-8-35(9-5-33)75-45-37-18-29(43-60-28-61-67-43)22-54-39(37)20-41(64-45)71-10-14-73-15-11-71)49-66-44(68-69-49)30-19-38-40(55-23-30)21-42(72-12-16-74-17-13-72)65-46(38)76-36-6-2-32(3-7-36)62-47-56-24-31(25-57-47)50(51,52)53/h18-28,32-33,35-36H,2-17H2,1H3,(H,56,57,62)(H,58,59,63)(H,60,61,67)(H,66,68,69). The Balaban J connectivity index is 0.684. The van der Waals surface area contributed by atoms with Crippen molar-refractivity contribution >= 4 is 57.0 Å². The normalized spacial score (nSPS) is 20.4. The summed E-state index contributed by atoms with van der Waals surface area (Å²) in [5.74, 6) is 4.78. The fourth-order valence-electron chi connectivity index (χ4n) is 9.95. The van der Waals surface area contributed by atoms with Gasteiger partial charge in [0, 0.05) is 93.4 Å². The number of morpholine rings is 2. The molecule has 10 heterocycles. The fraction of sp³-hybridized carbons (Fsp3) is 0.440. The van der Waals surface area contributed by atoms with Crippen molar-refractivity contribution in [1.29, 1.82) is 0 Å². The van der Waals surface area contributed by atoms with Crippen LogP contribution in [0.15, 0.2) is 67.8 Å². The molecular weight excluding hydrogens is 988 g/mol. The van der Waals surface area contributed by atoms with Crippen molar-refractivity contribution in [2.24, 2.45) is 0 Å². The smallest absolute Gasteiger partial charge is 0.419 e. The Morgan fingerprint density at radius 1 is 0.592 bits per heavy atom. The van der Waals surface area contributed by atoms with Crippen molar-refractivity contribution < 1.29 is 32.1 Å². The van der Waals surface area contributed by atoms with Crippen molar-refractivity contribution in [2.75, 3.05) is 85.0 Å². The van der Waals surface area contributed by atoms with E-state index in [2.05, 4.69) is 65.7 Å². The van der Waals surface area contributed by atoms with E-state index in [9.17, 15) is 13.2 Å². The highest BCUT2D eigenvalue weighted by atomic mass is 19.4. The summed E-state index contributed by atoms with van der Waals surface area (Å²) in [5, 5.41) is 22.8. The van der Waals surface area contributed by atoms with E-state index in [1.807, 2.05) is 31.3 Å². The van der Waals surface area contributed by atoms with E-state index in [4.69, 9.17) is 43.9 Å². The molecule has 0 unspecified atom stereocenters. The van der Waals surface area contributed by atoms with Crippen LogP contribution in [-0.2, 0) is 15.7 Å². The molecule has 26 heteroatoms. The summed E-state index contributed by atoms with van der Waals surface area (Å²) >= 11 is 0. The van der Waals surface area contributed by atoms with Gasteiger partial charge in [-0.05, 0) is 63.5 Å². The third-order valence-electron chi connectivity index (χ3n) is 14.2. The first-order valence-electron chi connectivity index (χ1n) is 25.5. The molecule has 4 fully saturated rings. The predicted octanol–water partition coefficient (Wildman–Crippen LogP) is 6.79. The minimum atomic E-state index is -4.50. The molecule has 0 spiro atoms. The lowest BCUT2D eigenvalue weighted by Gasteiger charge is -2.31. The molecule has 4 N–H and O–H groups in total. The van der Waals surface area contributed by atoms with Crippen molar-refractivity contribution in [3.05, 3.63) is 73.3 Å². The lowest BCUT2D eigenvalue weighted by atomic mass is 9.93. The third-order valence-corrected chi connectivity index (χ3v) is 14.2. The molecule has 0 radical (unpaired) electrons. The Morgan fingerprint density at radius 2 is 1.09 bits per heavy atom. The number of nitrogens with one attached hydrogen (secondary N) is 4. The molecule has 4 aliphatic rings. The van der Waals surface area contributed by atoms with Crippen molar-refractivity contribution in [3.8, 4) is 34.5 Å². The Morgan fingerprint density at radius 3 is 1.58 bits per heavy atom. The molecule has 8 aromatic rings. The number of aromatic nitrogens is 14. The van der Waals surface area contributed by atoms with Crippen LogP contribution in [0.3, 0.4) is 0 Å². The maximum Gasteiger partial charge on any atom is 0.419 e. The number of hydrogen-bond donors (Lipinski definition) is 4. The number of pyridine rings is 4. The average Bonchev–Trinajstić information content (AvgIpc) is 4.19. The first-order chi connectivity index (χ1) is 37.1. The molecule has 2 aliphatic carbocycles. The second-order valence-corrected chi connectivity index (χ2v) is 19.3. The molecule has 0 aromatic carbocycles. The number of hydrogen-bond acceptors (Lipinski definition) is 21. The topological polar surface area (TPSA) is 257 Å². The van der Waals surface area contributed by atoms with Crippen LogP contribution >= 0.6 is 0 Å².